The first-order chi connectivity index (χ1) is 10.7. The predicted octanol–water partition coefficient (Wildman–Crippen LogP) is 2.31. The van der Waals surface area contributed by atoms with Crippen LogP contribution in [0.2, 0.25) is 0 Å². The summed E-state index contributed by atoms with van der Waals surface area (Å²) in [5, 5.41) is 2.94. The zero-order chi connectivity index (χ0) is 16.2. The number of hydrogen-bond acceptors (Lipinski definition) is 4. The monoisotopic (exact) mass is 308 g/mol. The molecule has 1 aromatic carbocycles. The molecule has 22 heavy (non-hydrogen) atoms. The molecule has 0 aliphatic rings. The van der Waals surface area contributed by atoms with Gasteiger partial charge in [0.2, 0.25) is 5.91 Å². The van der Waals surface area contributed by atoms with Crippen LogP contribution in [-0.2, 0) is 4.79 Å². The van der Waals surface area contributed by atoms with Crippen LogP contribution in [0, 0.1) is 0 Å². The van der Waals surface area contributed by atoms with Gasteiger partial charge in [0.1, 0.15) is 11.5 Å². The highest BCUT2D eigenvalue weighted by molar-refractivity contribution is 5.75. The second-order valence-electron chi connectivity index (χ2n) is 5.00. The second kappa shape index (κ2) is 10.9. The van der Waals surface area contributed by atoms with E-state index in [-0.39, 0.29) is 5.91 Å². The number of hydrogen-bond donors (Lipinski definition) is 1. The fourth-order valence-corrected chi connectivity index (χ4v) is 2.08. The summed E-state index contributed by atoms with van der Waals surface area (Å²) in [4.78, 5) is 14.0. The molecule has 0 fully saturated rings. The molecular formula is C17H28N2O3. The van der Waals surface area contributed by atoms with Crippen LogP contribution in [0.25, 0.3) is 0 Å². The molecule has 0 spiro atoms. The smallest absolute Gasteiger partial charge is 0.220 e. The molecule has 5 nitrogen and oxygen atoms in total. The van der Waals surface area contributed by atoms with Crippen molar-refractivity contribution in [3.8, 4) is 11.5 Å². The lowest BCUT2D eigenvalue weighted by Gasteiger charge is -2.17. The third-order valence-electron chi connectivity index (χ3n) is 3.52. The van der Waals surface area contributed by atoms with Gasteiger partial charge in [0.05, 0.1) is 13.7 Å². The molecule has 0 radical (unpaired) electrons. The Balaban J connectivity index is 2.09. The van der Waals surface area contributed by atoms with Crippen molar-refractivity contribution < 1.29 is 14.3 Å². The number of carbonyl (C=O) groups is 1. The van der Waals surface area contributed by atoms with E-state index in [2.05, 4.69) is 24.1 Å². The van der Waals surface area contributed by atoms with Crippen molar-refractivity contribution in [1.29, 1.82) is 0 Å². The number of likely N-dealkylation sites (N-methyl/N-ethyl adjacent to an activating group) is 1. The third kappa shape index (κ3) is 7.31. The first-order valence-corrected chi connectivity index (χ1v) is 7.95. The Bertz CT molecular complexity index is 416. The summed E-state index contributed by atoms with van der Waals surface area (Å²) in [6.07, 6.45) is 1.21. The van der Waals surface area contributed by atoms with Gasteiger partial charge in [0, 0.05) is 19.5 Å². The van der Waals surface area contributed by atoms with Gasteiger partial charge in [0.15, 0.2) is 0 Å². The summed E-state index contributed by atoms with van der Waals surface area (Å²) < 4.78 is 10.7. The first kappa shape index (κ1) is 18.3. The Morgan fingerprint density at radius 1 is 1.14 bits per heavy atom. The summed E-state index contributed by atoms with van der Waals surface area (Å²) in [6.45, 7) is 8.44. The highest BCUT2D eigenvalue weighted by Crippen LogP contribution is 2.17. The van der Waals surface area contributed by atoms with Gasteiger partial charge in [0.25, 0.3) is 0 Å². The molecule has 0 saturated carbocycles. The summed E-state index contributed by atoms with van der Waals surface area (Å²) in [6, 6.07) is 7.44. The van der Waals surface area contributed by atoms with Crippen LogP contribution in [-0.4, -0.2) is 50.7 Å². The fourth-order valence-electron chi connectivity index (χ4n) is 2.08. The quantitative estimate of drug-likeness (QED) is 0.637. The lowest BCUT2D eigenvalue weighted by Crippen LogP contribution is -2.34. The van der Waals surface area contributed by atoms with Crippen molar-refractivity contribution in [2.75, 3.05) is 39.9 Å². The SMILES string of the molecule is CCN(CC)CCNC(=O)CCCOc1ccc(OC)cc1. The number of rotatable bonds is 11. The van der Waals surface area contributed by atoms with Crippen molar-refractivity contribution in [2.45, 2.75) is 26.7 Å². The molecule has 0 bridgehead atoms. The van der Waals surface area contributed by atoms with Gasteiger partial charge in [-0.15, -0.1) is 0 Å². The van der Waals surface area contributed by atoms with Crippen molar-refractivity contribution >= 4 is 5.91 Å². The Morgan fingerprint density at radius 3 is 2.36 bits per heavy atom. The Kier molecular flexibility index (Phi) is 9.07. The fraction of sp³-hybridized carbons (Fsp3) is 0.588. The molecule has 0 heterocycles. The molecule has 5 heteroatoms. The van der Waals surface area contributed by atoms with Crippen LogP contribution in [0.3, 0.4) is 0 Å². The van der Waals surface area contributed by atoms with E-state index >= 15 is 0 Å². The molecule has 0 unspecified atom stereocenters. The number of nitrogens with one attached hydrogen (secondary N) is 1. The number of amides is 1. The van der Waals surface area contributed by atoms with Gasteiger partial charge in [-0.05, 0) is 43.8 Å². The van der Waals surface area contributed by atoms with Crippen LogP contribution in [0.4, 0.5) is 0 Å². The first-order valence-electron chi connectivity index (χ1n) is 7.95. The van der Waals surface area contributed by atoms with Gasteiger partial charge in [-0.2, -0.15) is 0 Å². The molecule has 1 aromatic rings. The van der Waals surface area contributed by atoms with Gasteiger partial charge in [-0.1, -0.05) is 13.8 Å². The summed E-state index contributed by atoms with van der Waals surface area (Å²) >= 11 is 0. The maximum atomic E-state index is 11.7. The number of carbonyl (C=O) groups excluding carboxylic acids is 1. The topological polar surface area (TPSA) is 50.8 Å². The number of methoxy groups -OCH3 is 1. The van der Waals surface area contributed by atoms with E-state index in [9.17, 15) is 4.79 Å². The summed E-state index contributed by atoms with van der Waals surface area (Å²) in [7, 11) is 1.63. The van der Waals surface area contributed by atoms with Crippen LogP contribution in [0.1, 0.15) is 26.7 Å². The minimum absolute atomic E-state index is 0.0884. The molecule has 0 saturated heterocycles. The Hall–Kier alpha value is -1.75. The van der Waals surface area contributed by atoms with Crippen molar-refractivity contribution in [3.63, 3.8) is 0 Å². The summed E-state index contributed by atoms with van der Waals surface area (Å²) in [5.74, 6) is 1.69. The maximum absolute atomic E-state index is 11.7. The minimum Gasteiger partial charge on any atom is -0.497 e. The lowest BCUT2D eigenvalue weighted by molar-refractivity contribution is -0.121. The third-order valence-corrected chi connectivity index (χ3v) is 3.52. The van der Waals surface area contributed by atoms with E-state index in [4.69, 9.17) is 9.47 Å². The molecule has 0 aliphatic carbocycles. The number of ether oxygens (including phenoxy) is 2. The Morgan fingerprint density at radius 2 is 1.77 bits per heavy atom. The van der Waals surface area contributed by atoms with Crippen LogP contribution in [0.5, 0.6) is 11.5 Å². The van der Waals surface area contributed by atoms with Crippen LogP contribution in [0.15, 0.2) is 24.3 Å². The number of nitrogens with zero attached hydrogens (tertiary/aromatic N) is 1. The van der Waals surface area contributed by atoms with Crippen LogP contribution >= 0.6 is 0 Å². The second-order valence-corrected chi connectivity index (χ2v) is 5.00. The normalized spacial score (nSPS) is 10.5. The zero-order valence-electron chi connectivity index (χ0n) is 13.9. The van der Waals surface area contributed by atoms with Gasteiger partial charge in [-0.3, -0.25) is 4.79 Å². The molecule has 1 amide bonds. The molecule has 0 aromatic heterocycles. The van der Waals surface area contributed by atoms with E-state index < -0.39 is 0 Å². The highest BCUT2D eigenvalue weighted by Gasteiger charge is 2.03. The van der Waals surface area contributed by atoms with Gasteiger partial charge in [-0.25, -0.2) is 0 Å². The van der Waals surface area contributed by atoms with Crippen LogP contribution < -0.4 is 14.8 Å². The molecule has 0 atom stereocenters. The van der Waals surface area contributed by atoms with E-state index in [0.717, 1.165) is 31.1 Å². The maximum Gasteiger partial charge on any atom is 0.220 e. The Labute approximate surface area is 133 Å². The molecule has 124 valence electrons. The average Bonchev–Trinajstić information content (AvgIpc) is 2.56. The largest absolute Gasteiger partial charge is 0.497 e. The molecule has 1 rings (SSSR count). The summed E-state index contributed by atoms with van der Waals surface area (Å²) in [5.41, 5.74) is 0. The molecule has 1 N–H and O–H groups in total. The average molecular weight is 308 g/mol. The van der Waals surface area contributed by atoms with E-state index in [1.54, 1.807) is 7.11 Å². The number of benzene rings is 1. The van der Waals surface area contributed by atoms with E-state index in [1.807, 2.05) is 24.3 Å². The van der Waals surface area contributed by atoms with Gasteiger partial charge >= 0.3 is 0 Å². The predicted molar refractivity (Wildman–Crippen MR) is 88.5 cm³/mol. The molecule has 0 aliphatic heterocycles. The van der Waals surface area contributed by atoms with E-state index in [0.29, 0.717) is 26.0 Å². The zero-order valence-corrected chi connectivity index (χ0v) is 13.9. The van der Waals surface area contributed by atoms with Crippen molar-refractivity contribution in [3.05, 3.63) is 24.3 Å². The standard InChI is InChI=1S/C17H28N2O3/c1-4-19(5-2)13-12-18-17(20)7-6-14-22-16-10-8-15(21-3)9-11-16/h8-11H,4-7,12-14H2,1-3H3,(H,18,20). The highest BCUT2D eigenvalue weighted by atomic mass is 16.5. The van der Waals surface area contributed by atoms with Crippen molar-refractivity contribution in [2.24, 2.45) is 0 Å². The molecular weight excluding hydrogens is 280 g/mol. The minimum atomic E-state index is 0.0884. The van der Waals surface area contributed by atoms with E-state index in [1.165, 1.54) is 0 Å². The van der Waals surface area contributed by atoms with Crippen molar-refractivity contribution in [1.82, 2.24) is 10.2 Å². The lowest BCUT2D eigenvalue weighted by atomic mass is 10.3. The van der Waals surface area contributed by atoms with Gasteiger partial charge < -0.3 is 19.7 Å².